The summed E-state index contributed by atoms with van der Waals surface area (Å²) in [6, 6.07) is 13.3. The molecule has 0 amide bonds. The highest BCUT2D eigenvalue weighted by Crippen LogP contribution is 2.18. The van der Waals surface area contributed by atoms with E-state index in [1.807, 2.05) is 0 Å². The van der Waals surface area contributed by atoms with Crippen LogP contribution in [0.2, 0.25) is 5.02 Å². The number of hydrogen-bond acceptors (Lipinski definition) is 1. The lowest BCUT2D eigenvalue weighted by Gasteiger charge is -2.08. The predicted octanol–water partition coefficient (Wildman–Crippen LogP) is 5.82. The van der Waals surface area contributed by atoms with Crippen LogP contribution in [0.4, 0.5) is 10.1 Å². The van der Waals surface area contributed by atoms with Gasteiger partial charge in [-0.2, -0.15) is 0 Å². The Hall–Kier alpha value is -1.54. The van der Waals surface area contributed by atoms with Gasteiger partial charge >= 0.3 is 0 Å². The van der Waals surface area contributed by atoms with Crippen molar-refractivity contribution in [2.75, 3.05) is 5.32 Å². The number of halogens is 2. The maximum Gasteiger partial charge on any atom is 0.141 e. The van der Waals surface area contributed by atoms with Gasteiger partial charge in [0, 0.05) is 12.2 Å². The van der Waals surface area contributed by atoms with Gasteiger partial charge in [0.15, 0.2) is 0 Å². The zero-order chi connectivity index (χ0) is 15.1. The fourth-order valence-electron chi connectivity index (χ4n) is 2.22. The van der Waals surface area contributed by atoms with Gasteiger partial charge in [-0.3, -0.25) is 0 Å². The van der Waals surface area contributed by atoms with Crippen LogP contribution in [-0.4, -0.2) is 0 Å². The second kappa shape index (κ2) is 8.04. The fraction of sp³-hybridized carbons (Fsp3) is 0.333. The predicted molar refractivity (Wildman–Crippen MR) is 88.4 cm³/mol. The van der Waals surface area contributed by atoms with E-state index >= 15 is 0 Å². The molecule has 112 valence electrons. The Morgan fingerprint density at radius 2 is 1.71 bits per heavy atom. The number of benzene rings is 2. The molecule has 0 aromatic heterocycles. The minimum absolute atomic E-state index is 0.167. The average Bonchev–Trinajstić information content (AvgIpc) is 2.50. The van der Waals surface area contributed by atoms with Crippen molar-refractivity contribution >= 4 is 17.3 Å². The molecule has 21 heavy (non-hydrogen) atoms. The van der Waals surface area contributed by atoms with Crippen molar-refractivity contribution in [3.63, 3.8) is 0 Å². The molecule has 0 saturated carbocycles. The SMILES string of the molecule is CCCCCc1ccc(NCc2ccc(F)c(Cl)c2)cc1. The van der Waals surface area contributed by atoms with Gasteiger partial charge in [-0.05, 0) is 48.2 Å². The van der Waals surface area contributed by atoms with E-state index in [0.29, 0.717) is 6.54 Å². The third-order valence-corrected chi connectivity index (χ3v) is 3.79. The molecule has 3 heteroatoms. The van der Waals surface area contributed by atoms with Crippen LogP contribution in [0, 0.1) is 5.82 Å². The Labute approximate surface area is 131 Å². The summed E-state index contributed by atoms with van der Waals surface area (Å²) in [5, 5.41) is 3.49. The van der Waals surface area contributed by atoms with Gasteiger partial charge in [0.2, 0.25) is 0 Å². The molecule has 0 heterocycles. The zero-order valence-electron chi connectivity index (χ0n) is 12.3. The molecular formula is C18H21ClFN. The molecule has 1 nitrogen and oxygen atoms in total. The summed E-state index contributed by atoms with van der Waals surface area (Å²) in [6.45, 7) is 2.85. The highest BCUT2D eigenvalue weighted by Gasteiger charge is 2.01. The minimum Gasteiger partial charge on any atom is -0.381 e. The van der Waals surface area contributed by atoms with Crippen LogP contribution in [0.3, 0.4) is 0 Å². The largest absolute Gasteiger partial charge is 0.381 e. The van der Waals surface area contributed by atoms with Crippen molar-refractivity contribution in [1.29, 1.82) is 0 Å². The quantitative estimate of drug-likeness (QED) is 0.635. The van der Waals surface area contributed by atoms with Crippen LogP contribution >= 0.6 is 11.6 Å². The van der Waals surface area contributed by atoms with Gasteiger partial charge in [-0.1, -0.05) is 49.6 Å². The molecule has 0 bridgehead atoms. The van der Waals surface area contributed by atoms with E-state index in [0.717, 1.165) is 17.7 Å². The molecule has 0 atom stereocenters. The van der Waals surface area contributed by atoms with Crippen molar-refractivity contribution < 1.29 is 4.39 Å². The molecule has 2 rings (SSSR count). The first-order valence-corrected chi connectivity index (χ1v) is 7.83. The van der Waals surface area contributed by atoms with E-state index in [9.17, 15) is 4.39 Å². The summed E-state index contributed by atoms with van der Waals surface area (Å²) < 4.78 is 13.1. The van der Waals surface area contributed by atoms with Gasteiger partial charge in [0.1, 0.15) is 5.82 Å². The second-order valence-corrected chi connectivity index (χ2v) is 5.66. The summed E-state index contributed by atoms with van der Waals surface area (Å²) in [6.07, 6.45) is 4.92. The number of nitrogens with one attached hydrogen (secondary N) is 1. The lowest BCUT2D eigenvalue weighted by atomic mass is 10.1. The number of rotatable bonds is 7. The summed E-state index contributed by atoms with van der Waals surface area (Å²) in [5.74, 6) is -0.378. The number of aryl methyl sites for hydroxylation is 1. The molecule has 1 N–H and O–H groups in total. The Kier molecular flexibility index (Phi) is 6.06. The Bertz CT molecular complexity index is 566. The molecule has 0 radical (unpaired) electrons. The van der Waals surface area contributed by atoms with Crippen molar-refractivity contribution in [1.82, 2.24) is 0 Å². The van der Waals surface area contributed by atoms with Crippen LogP contribution in [0.5, 0.6) is 0 Å². The molecule has 2 aromatic carbocycles. The van der Waals surface area contributed by atoms with E-state index in [1.54, 1.807) is 12.1 Å². The van der Waals surface area contributed by atoms with Crippen molar-refractivity contribution in [3.05, 3.63) is 64.4 Å². The molecule has 0 aliphatic carbocycles. The van der Waals surface area contributed by atoms with Crippen LogP contribution in [0.1, 0.15) is 37.3 Å². The Morgan fingerprint density at radius 1 is 1.00 bits per heavy atom. The van der Waals surface area contributed by atoms with Gasteiger partial charge in [0.05, 0.1) is 5.02 Å². The molecule has 0 saturated heterocycles. The molecule has 0 aliphatic rings. The van der Waals surface area contributed by atoms with Gasteiger partial charge in [0.25, 0.3) is 0 Å². The normalized spacial score (nSPS) is 10.6. The highest BCUT2D eigenvalue weighted by molar-refractivity contribution is 6.30. The first kappa shape index (κ1) is 15.8. The molecule has 0 fully saturated rings. The van der Waals surface area contributed by atoms with E-state index < -0.39 is 0 Å². The number of unbranched alkanes of at least 4 members (excludes halogenated alkanes) is 2. The van der Waals surface area contributed by atoms with E-state index in [4.69, 9.17) is 11.6 Å². The van der Waals surface area contributed by atoms with Crippen LogP contribution in [-0.2, 0) is 13.0 Å². The summed E-state index contributed by atoms with van der Waals surface area (Å²) in [7, 11) is 0. The van der Waals surface area contributed by atoms with E-state index in [2.05, 4.69) is 36.5 Å². The second-order valence-electron chi connectivity index (χ2n) is 5.26. The lowest BCUT2D eigenvalue weighted by Crippen LogP contribution is -1.99. The van der Waals surface area contributed by atoms with Gasteiger partial charge in [-0.15, -0.1) is 0 Å². The van der Waals surface area contributed by atoms with Crippen LogP contribution in [0.25, 0.3) is 0 Å². The van der Waals surface area contributed by atoms with Gasteiger partial charge < -0.3 is 5.32 Å². The minimum atomic E-state index is -0.378. The monoisotopic (exact) mass is 305 g/mol. The van der Waals surface area contributed by atoms with E-state index in [-0.39, 0.29) is 10.8 Å². The Balaban J connectivity index is 1.86. The Morgan fingerprint density at radius 3 is 2.38 bits per heavy atom. The van der Waals surface area contributed by atoms with E-state index in [1.165, 1.54) is 30.9 Å². The molecule has 2 aromatic rings. The maximum absolute atomic E-state index is 13.1. The van der Waals surface area contributed by atoms with Crippen LogP contribution < -0.4 is 5.32 Å². The van der Waals surface area contributed by atoms with Gasteiger partial charge in [-0.25, -0.2) is 4.39 Å². The summed E-state index contributed by atoms with van der Waals surface area (Å²) in [4.78, 5) is 0. The van der Waals surface area contributed by atoms with Crippen LogP contribution in [0.15, 0.2) is 42.5 Å². The topological polar surface area (TPSA) is 12.0 Å². The fourth-order valence-corrected chi connectivity index (χ4v) is 2.43. The standard InChI is InChI=1S/C18H21ClFN/c1-2-3-4-5-14-6-9-16(10-7-14)21-13-15-8-11-18(20)17(19)12-15/h6-12,21H,2-5,13H2,1H3. The third kappa shape index (κ3) is 5.05. The number of anilines is 1. The first-order valence-electron chi connectivity index (χ1n) is 7.46. The highest BCUT2D eigenvalue weighted by atomic mass is 35.5. The van der Waals surface area contributed by atoms with Crippen molar-refractivity contribution in [2.24, 2.45) is 0 Å². The summed E-state index contributed by atoms with van der Waals surface area (Å²) >= 11 is 5.77. The maximum atomic E-state index is 13.1. The first-order chi connectivity index (χ1) is 10.2. The third-order valence-electron chi connectivity index (χ3n) is 3.50. The molecule has 0 aliphatic heterocycles. The molecular weight excluding hydrogens is 285 g/mol. The lowest BCUT2D eigenvalue weighted by molar-refractivity contribution is 0.627. The smallest absolute Gasteiger partial charge is 0.141 e. The summed E-state index contributed by atoms with van der Waals surface area (Å²) in [5.41, 5.74) is 3.40. The molecule has 0 spiro atoms. The van der Waals surface area contributed by atoms with Crippen molar-refractivity contribution in [2.45, 2.75) is 39.2 Å². The zero-order valence-corrected chi connectivity index (χ0v) is 13.1. The average molecular weight is 306 g/mol. The molecule has 0 unspecified atom stereocenters. The number of hydrogen-bond donors (Lipinski definition) is 1. The van der Waals surface area contributed by atoms with Crippen molar-refractivity contribution in [3.8, 4) is 0 Å².